The maximum Gasteiger partial charge on any atom is 0.573 e. The summed E-state index contributed by atoms with van der Waals surface area (Å²) in [7, 11) is 0. The van der Waals surface area contributed by atoms with Gasteiger partial charge in [-0.15, -0.1) is 18.3 Å². The third-order valence-electron chi connectivity index (χ3n) is 6.84. The molecule has 1 aromatic heterocycles. The third-order valence-corrected chi connectivity index (χ3v) is 7.77. The van der Waals surface area contributed by atoms with E-state index >= 15 is 4.39 Å². The summed E-state index contributed by atoms with van der Waals surface area (Å²) in [5.74, 6) is -0.772. The Kier molecular flexibility index (Phi) is 8.96. The van der Waals surface area contributed by atoms with Crippen molar-refractivity contribution in [3.63, 3.8) is 0 Å². The first-order chi connectivity index (χ1) is 21.3. The fourth-order valence-corrected chi connectivity index (χ4v) is 5.45. The van der Waals surface area contributed by atoms with Crippen LogP contribution in [-0.4, -0.2) is 44.0 Å². The molecule has 0 aliphatic carbocycles. The molecule has 1 N–H and O–H groups in total. The minimum absolute atomic E-state index is 0.113. The Morgan fingerprint density at radius 2 is 1.76 bits per heavy atom. The molecule has 1 aliphatic rings. The maximum atomic E-state index is 15.1. The van der Waals surface area contributed by atoms with Gasteiger partial charge in [-0.05, 0) is 71.5 Å². The highest BCUT2D eigenvalue weighted by molar-refractivity contribution is 8.15. The van der Waals surface area contributed by atoms with Crippen molar-refractivity contribution < 1.29 is 31.9 Å². The van der Waals surface area contributed by atoms with E-state index in [4.69, 9.17) is 0 Å². The molecular weight excluding hydrogens is 612 g/mol. The highest BCUT2D eigenvalue weighted by atomic mass is 32.2. The Hall–Kier alpha value is -4.72. The molecule has 2 heterocycles. The summed E-state index contributed by atoms with van der Waals surface area (Å²) in [6.07, 6.45) is -3.48. The molecule has 0 spiro atoms. The van der Waals surface area contributed by atoms with Gasteiger partial charge in [0.1, 0.15) is 17.9 Å². The van der Waals surface area contributed by atoms with Crippen LogP contribution in [-0.2, 0) is 4.79 Å². The van der Waals surface area contributed by atoms with Crippen LogP contribution in [0.4, 0.5) is 33.7 Å². The molecule has 9 nitrogen and oxygen atoms in total. The Morgan fingerprint density at radius 3 is 2.40 bits per heavy atom. The molecular formula is C31H28F4N6O3S. The Labute approximate surface area is 260 Å². The van der Waals surface area contributed by atoms with Crippen molar-refractivity contribution in [2.75, 3.05) is 16.0 Å². The van der Waals surface area contributed by atoms with Crippen LogP contribution >= 0.6 is 11.8 Å². The van der Waals surface area contributed by atoms with Crippen molar-refractivity contribution >= 4 is 40.2 Å². The number of carbonyl (C=O) groups is 2. The predicted molar refractivity (Wildman–Crippen MR) is 164 cm³/mol. The van der Waals surface area contributed by atoms with Crippen LogP contribution in [0.2, 0.25) is 0 Å². The number of amides is 3. The number of hydrogen-bond donors (Lipinski definition) is 1. The molecule has 1 aliphatic heterocycles. The van der Waals surface area contributed by atoms with Crippen LogP contribution in [0.5, 0.6) is 5.75 Å². The highest BCUT2D eigenvalue weighted by Crippen LogP contribution is 2.36. The van der Waals surface area contributed by atoms with E-state index in [1.54, 1.807) is 0 Å². The Bertz CT molecular complexity index is 1770. The zero-order valence-corrected chi connectivity index (χ0v) is 25.4. The second-order valence-corrected chi connectivity index (χ2v) is 11.7. The molecule has 0 bridgehead atoms. The number of aliphatic imine (C=N–C) groups is 1. The zero-order chi connectivity index (χ0) is 32.5. The van der Waals surface area contributed by atoms with Crippen molar-refractivity contribution in [2.24, 2.45) is 4.99 Å². The number of aromatic nitrogens is 3. The molecule has 0 radical (unpaired) electrons. The molecule has 3 amide bonds. The number of nitrogens with zero attached hydrogens (tertiary/aromatic N) is 5. The van der Waals surface area contributed by atoms with Crippen molar-refractivity contribution in [3.05, 3.63) is 83.9 Å². The third kappa shape index (κ3) is 7.33. The minimum Gasteiger partial charge on any atom is -0.406 e. The predicted octanol–water partition coefficient (Wildman–Crippen LogP) is 7.89. The molecule has 14 heteroatoms. The number of alkyl halides is 3. The SMILES string of the molecule is CC(C)c1ccc(C(C)C)c(N2C(=O)CSC2=NC(=O)Nc2ccc(-c3ncn(-c4ccc(OC(F)(F)F)cc4)n3)cc2F)c1. The number of hydrogen-bond acceptors (Lipinski definition) is 6. The first-order valence-corrected chi connectivity index (χ1v) is 14.8. The van der Waals surface area contributed by atoms with Gasteiger partial charge in [-0.1, -0.05) is 51.6 Å². The molecule has 4 aromatic rings. The van der Waals surface area contributed by atoms with E-state index in [9.17, 15) is 22.8 Å². The molecule has 1 saturated heterocycles. The van der Waals surface area contributed by atoms with Gasteiger partial charge in [0.25, 0.3) is 0 Å². The topological polar surface area (TPSA) is 102 Å². The number of thioether (sulfide) groups is 1. The smallest absolute Gasteiger partial charge is 0.406 e. The van der Waals surface area contributed by atoms with Gasteiger partial charge in [0.05, 0.1) is 22.8 Å². The number of urea groups is 1. The van der Waals surface area contributed by atoms with Crippen LogP contribution in [0.25, 0.3) is 17.1 Å². The summed E-state index contributed by atoms with van der Waals surface area (Å²) in [6, 6.07) is 14.1. The van der Waals surface area contributed by atoms with E-state index in [0.717, 1.165) is 41.1 Å². The van der Waals surface area contributed by atoms with E-state index in [-0.39, 0.29) is 45.9 Å². The monoisotopic (exact) mass is 640 g/mol. The van der Waals surface area contributed by atoms with Crippen LogP contribution in [0.3, 0.4) is 0 Å². The van der Waals surface area contributed by atoms with Gasteiger partial charge >= 0.3 is 12.4 Å². The van der Waals surface area contributed by atoms with Crippen LogP contribution < -0.4 is 15.0 Å². The minimum atomic E-state index is -4.81. The van der Waals surface area contributed by atoms with E-state index in [2.05, 4.69) is 39.0 Å². The summed E-state index contributed by atoms with van der Waals surface area (Å²) in [5.41, 5.74) is 3.21. The van der Waals surface area contributed by atoms with Crippen molar-refractivity contribution in [3.8, 4) is 22.8 Å². The normalized spacial score (nSPS) is 14.6. The molecule has 5 rings (SSSR count). The lowest BCUT2D eigenvalue weighted by Gasteiger charge is -2.23. The van der Waals surface area contributed by atoms with Crippen molar-refractivity contribution in [2.45, 2.75) is 45.9 Å². The zero-order valence-electron chi connectivity index (χ0n) is 24.6. The molecule has 3 aromatic carbocycles. The first kappa shape index (κ1) is 31.7. The van der Waals surface area contributed by atoms with Gasteiger partial charge in [0.2, 0.25) is 5.91 Å². The van der Waals surface area contributed by atoms with Crippen LogP contribution in [0.1, 0.15) is 50.7 Å². The number of benzene rings is 3. The fourth-order valence-electron chi connectivity index (χ4n) is 4.59. The number of amidine groups is 1. The quantitative estimate of drug-likeness (QED) is 0.206. The van der Waals surface area contributed by atoms with Gasteiger partial charge < -0.3 is 10.1 Å². The van der Waals surface area contributed by atoms with Gasteiger partial charge in [-0.3, -0.25) is 9.69 Å². The summed E-state index contributed by atoms with van der Waals surface area (Å²) in [4.78, 5) is 35.5. The summed E-state index contributed by atoms with van der Waals surface area (Å²) < 4.78 is 57.5. The van der Waals surface area contributed by atoms with E-state index in [1.165, 1.54) is 40.2 Å². The molecule has 45 heavy (non-hydrogen) atoms. The van der Waals surface area contributed by atoms with Crippen molar-refractivity contribution in [1.29, 1.82) is 0 Å². The van der Waals surface area contributed by atoms with E-state index in [0.29, 0.717) is 16.9 Å². The molecule has 0 unspecified atom stereocenters. The average molecular weight is 641 g/mol. The second-order valence-electron chi connectivity index (χ2n) is 10.7. The Balaban J connectivity index is 1.32. The number of rotatable bonds is 7. The molecule has 1 fully saturated rings. The molecule has 234 valence electrons. The lowest BCUT2D eigenvalue weighted by Crippen LogP contribution is -2.31. The number of halogens is 4. The van der Waals surface area contributed by atoms with Crippen molar-refractivity contribution in [1.82, 2.24) is 14.8 Å². The van der Waals surface area contributed by atoms with Crippen LogP contribution in [0.15, 0.2) is 72.0 Å². The first-order valence-electron chi connectivity index (χ1n) is 13.9. The standard InChI is InChI=1S/C31H28F4N6O3S/c1-17(2)19-5-11-23(18(3)4)26(14-19)41-27(42)15-45-30(41)38-29(43)37-25-12-6-20(13-24(25)32)28-36-16-40(39-28)21-7-9-22(10-8-21)44-31(33,34)35/h5-14,16-18H,15H2,1-4H3,(H,37,43). The second kappa shape index (κ2) is 12.7. The number of nitrogens with one attached hydrogen (secondary N) is 1. The molecule has 0 saturated carbocycles. The van der Waals surface area contributed by atoms with Gasteiger partial charge in [0, 0.05) is 5.56 Å². The van der Waals surface area contributed by atoms with Gasteiger partial charge in [-0.2, -0.15) is 4.99 Å². The molecule has 0 atom stereocenters. The van der Waals surface area contributed by atoms with Crippen LogP contribution in [0, 0.1) is 5.82 Å². The van der Waals surface area contributed by atoms with Gasteiger partial charge in [0.15, 0.2) is 11.0 Å². The average Bonchev–Trinajstić information content (AvgIpc) is 3.60. The lowest BCUT2D eigenvalue weighted by molar-refractivity contribution is -0.274. The van der Waals surface area contributed by atoms with E-state index < -0.39 is 18.2 Å². The summed E-state index contributed by atoms with van der Waals surface area (Å²) >= 11 is 1.13. The fraction of sp³-hybridized carbons (Fsp3) is 0.258. The number of carbonyl (C=O) groups excluding carboxylic acids is 2. The number of anilines is 2. The lowest BCUT2D eigenvalue weighted by atomic mass is 9.94. The largest absolute Gasteiger partial charge is 0.573 e. The maximum absolute atomic E-state index is 15.1. The van der Waals surface area contributed by atoms with E-state index in [1.807, 2.05) is 32.0 Å². The van der Waals surface area contributed by atoms with Gasteiger partial charge in [-0.25, -0.2) is 18.9 Å². The summed E-state index contributed by atoms with van der Waals surface area (Å²) in [6.45, 7) is 8.15. The Morgan fingerprint density at radius 1 is 1.02 bits per heavy atom. The highest BCUT2D eigenvalue weighted by Gasteiger charge is 2.33. The summed E-state index contributed by atoms with van der Waals surface area (Å²) in [5, 5.41) is 6.89. The number of ether oxygens (including phenoxy) is 1.